The second-order valence-corrected chi connectivity index (χ2v) is 6.41. The Morgan fingerprint density at radius 1 is 1.22 bits per heavy atom. The van der Waals surface area contributed by atoms with E-state index in [1.165, 1.54) is 12.1 Å². The van der Waals surface area contributed by atoms with Gasteiger partial charge in [0, 0.05) is 32.6 Å². The van der Waals surface area contributed by atoms with Crippen LogP contribution in [0.3, 0.4) is 0 Å². The molecule has 1 atom stereocenters. The van der Waals surface area contributed by atoms with E-state index in [1.807, 2.05) is 25.7 Å². The fourth-order valence-corrected chi connectivity index (χ4v) is 2.33. The Labute approximate surface area is 159 Å². The molecule has 0 aliphatic heterocycles. The van der Waals surface area contributed by atoms with Crippen molar-refractivity contribution in [3.8, 4) is 0 Å². The monoisotopic (exact) mass is 386 g/mol. The number of alkyl halides is 3. The first-order valence-corrected chi connectivity index (χ1v) is 9.12. The number of benzene rings is 1. The van der Waals surface area contributed by atoms with E-state index in [9.17, 15) is 18.0 Å². The van der Waals surface area contributed by atoms with Gasteiger partial charge in [-0.2, -0.15) is 13.2 Å². The summed E-state index contributed by atoms with van der Waals surface area (Å²) in [5, 5.41) is 6.02. The van der Waals surface area contributed by atoms with Gasteiger partial charge >= 0.3 is 6.18 Å². The zero-order valence-corrected chi connectivity index (χ0v) is 16.4. The largest absolute Gasteiger partial charge is 0.416 e. The molecule has 8 heteroatoms. The lowest BCUT2D eigenvalue weighted by Crippen LogP contribution is -2.39. The zero-order chi connectivity index (χ0) is 20.4. The number of amides is 1. The lowest BCUT2D eigenvalue weighted by atomic mass is 10.1. The van der Waals surface area contributed by atoms with Crippen LogP contribution in [0.5, 0.6) is 0 Å². The van der Waals surface area contributed by atoms with Crippen LogP contribution in [0, 0.1) is 0 Å². The highest BCUT2D eigenvalue weighted by molar-refractivity contribution is 5.80. The second-order valence-electron chi connectivity index (χ2n) is 6.41. The minimum absolute atomic E-state index is 0.0469. The van der Waals surface area contributed by atoms with Crippen LogP contribution in [0.25, 0.3) is 0 Å². The molecule has 0 saturated carbocycles. The van der Waals surface area contributed by atoms with Crippen LogP contribution in [-0.2, 0) is 17.5 Å². The third-order valence-electron chi connectivity index (χ3n) is 4.02. The maximum absolute atomic E-state index is 12.6. The molecule has 1 amide bonds. The van der Waals surface area contributed by atoms with Gasteiger partial charge in [-0.05, 0) is 38.0 Å². The van der Waals surface area contributed by atoms with Crippen molar-refractivity contribution < 1.29 is 18.0 Å². The minimum Gasteiger partial charge on any atom is -0.357 e. The fraction of sp³-hybridized carbons (Fsp3) is 0.579. The molecule has 0 spiro atoms. The van der Waals surface area contributed by atoms with Gasteiger partial charge in [-0.3, -0.25) is 9.79 Å². The summed E-state index contributed by atoms with van der Waals surface area (Å²) < 4.78 is 37.9. The van der Waals surface area contributed by atoms with Crippen molar-refractivity contribution in [3.63, 3.8) is 0 Å². The van der Waals surface area contributed by atoms with Gasteiger partial charge in [0.1, 0.15) is 0 Å². The summed E-state index contributed by atoms with van der Waals surface area (Å²) in [6.07, 6.45) is -3.18. The number of hydrogen-bond donors (Lipinski definition) is 2. The summed E-state index contributed by atoms with van der Waals surface area (Å²) >= 11 is 0. The topological polar surface area (TPSA) is 56.7 Å². The molecule has 1 aromatic rings. The van der Waals surface area contributed by atoms with Crippen LogP contribution < -0.4 is 10.6 Å². The SMILES string of the molecule is CCNC(=NCCC(=O)NC(C)CC)N(C)Cc1ccc(C(F)(F)F)cc1. The van der Waals surface area contributed by atoms with Crippen molar-refractivity contribution in [1.29, 1.82) is 0 Å². The van der Waals surface area contributed by atoms with Crippen LogP contribution in [0.2, 0.25) is 0 Å². The first kappa shape index (κ1) is 22.8. The Balaban J connectivity index is 2.66. The summed E-state index contributed by atoms with van der Waals surface area (Å²) in [4.78, 5) is 18.1. The van der Waals surface area contributed by atoms with E-state index in [1.54, 1.807) is 7.05 Å². The molecule has 0 aliphatic rings. The number of hydrogen-bond acceptors (Lipinski definition) is 2. The molecule has 27 heavy (non-hydrogen) atoms. The van der Waals surface area contributed by atoms with E-state index in [4.69, 9.17) is 0 Å². The fourth-order valence-electron chi connectivity index (χ4n) is 2.33. The van der Waals surface area contributed by atoms with Crippen molar-refractivity contribution in [3.05, 3.63) is 35.4 Å². The quantitative estimate of drug-likeness (QED) is 0.532. The van der Waals surface area contributed by atoms with Crippen molar-refractivity contribution >= 4 is 11.9 Å². The number of guanidine groups is 1. The number of halogens is 3. The summed E-state index contributed by atoms with van der Waals surface area (Å²) in [6, 6.07) is 5.21. The number of aliphatic imine (C=N–C) groups is 1. The summed E-state index contributed by atoms with van der Waals surface area (Å²) in [6.45, 7) is 7.27. The van der Waals surface area contributed by atoms with Crippen molar-refractivity contribution in [2.75, 3.05) is 20.1 Å². The van der Waals surface area contributed by atoms with E-state index < -0.39 is 11.7 Å². The molecule has 0 fully saturated rings. The van der Waals surface area contributed by atoms with Crippen LogP contribution in [0.15, 0.2) is 29.3 Å². The molecule has 0 heterocycles. The van der Waals surface area contributed by atoms with Crippen LogP contribution >= 0.6 is 0 Å². The molecule has 0 saturated heterocycles. The zero-order valence-electron chi connectivity index (χ0n) is 16.4. The van der Waals surface area contributed by atoms with Crippen molar-refractivity contribution in [1.82, 2.24) is 15.5 Å². The Bertz CT molecular complexity index is 614. The van der Waals surface area contributed by atoms with E-state index in [0.29, 0.717) is 25.6 Å². The lowest BCUT2D eigenvalue weighted by molar-refractivity contribution is -0.137. The first-order chi connectivity index (χ1) is 12.7. The molecular formula is C19H29F3N4O. The molecule has 5 nitrogen and oxygen atoms in total. The summed E-state index contributed by atoms with van der Waals surface area (Å²) in [5.41, 5.74) is 0.0763. The van der Waals surface area contributed by atoms with Crippen LogP contribution in [-0.4, -0.2) is 42.9 Å². The molecule has 152 valence electrons. The second kappa shape index (κ2) is 10.8. The molecule has 1 aromatic carbocycles. The van der Waals surface area contributed by atoms with Gasteiger partial charge in [0.15, 0.2) is 5.96 Å². The van der Waals surface area contributed by atoms with Gasteiger partial charge in [0.25, 0.3) is 0 Å². The molecule has 2 N–H and O–H groups in total. The highest BCUT2D eigenvalue weighted by Crippen LogP contribution is 2.29. The third kappa shape index (κ3) is 8.32. The number of carbonyl (C=O) groups excluding carboxylic acids is 1. The van der Waals surface area contributed by atoms with Crippen LogP contribution in [0.4, 0.5) is 13.2 Å². The van der Waals surface area contributed by atoms with E-state index in [2.05, 4.69) is 15.6 Å². The highest BCUT2D eigenvalue weighted by Gasteiger charge is 2.29. The van der Waals surface area contributed by atoms with Gasteiger partial charge in [0.05, 0.1) is 12.1 Å². The number of nitrogens with one attached hydrogen (secondary N) is 2. The minimum atomic E-state index is -4.34. The van der Waals surface area contributed by atoms with E-state index in [0.717, 1.165) is 24.1 Å². The first-order valence-electron chi connectivity index (χ1n) is 9.12. The Morgan fingerprint density at radius 3 is 2.37 bits per heavy atom. The van der Waals surface area contributed by atoms with Gasteiger partial charge < -0.3 is 15.5 Å². The van der Waals surface area contributed by atoms with Crippen molar-refractivity contribution in [2.45, 2.75) is 52.4 Å². The average Bonchev–Trinajstić information content (AvgIpc) is 2.60. The summed E-state index contributed by atoms with van der Waals surface area (Å²) in [7, 11) is 1.80. The number of nitrogens with zero attached hydrogens (tertiary/aromatic N) is 2. The third-order valence-corrected chi connectivity index (χ3v) is 4.02. The molecule has 0 radical (unpaired) electrons. The molecule has 0 aromatic heterocycles. The molecule has 1 rings (SSSR count). The summed E-state index contributed by atoms with van der Waals surface area (Å²) in [5.74, 6) is 0.558. The maximum atomic E-state index is 12.6. The van der Waals surface area contributed by atoms with Crippen molar-refractivity contribution in [2.24, 2.45) is 4.99 Å². The van der Waals surface area contributed by atoms with Gasteiger partial charge in [-0.25, -0.2) is 0 Å². The number of carbonyl (C=O) groups is 1. The van der Waals surface area contributed by atoms with Crippen LogP contribution in [0.1, 0.15) is 44.7 Å². The standard InChI is InChI=1S/C19H29F3N4O/c1-5-14(3)25-17(27)11-12-24-18(23-6-2)26(4)13-15-7-9-16(10-8-15)19(20,21)22/h7-10,14H,5-6,11-13H2,1-4H3,(H,23,24)(H,25,27). The average molecular weight is 386 g/mol. The Hall–Kier alpha value is -2.25. The number of rotatable bonds is 8. The maximum Gasteiger partial charge on any atom is 0.416 e. The van der Waals surface area contributed by atoms with E-state index >= 15 is 0 Å². The lowest BCUT2D eigenvalue weighted by Gasteiger charge is -2.22. The predicted octanol–water partition coefficient (Wildman–Crippen LogP) is 3.41. The molecule has 1 unspecified atom stereocenters. The normalized spacial score (nSPS) is 13.2. The van der Waals surface area contributed by atoms with Gasteiger partial charge in [0.2, 0.25) is 5.91 Å². The van der Waals surface area contributed by atoms with E-state index in [-0.39, 0.29) is 18.4 Å². The predicted molar refractivity (Wildman–Crippen MR) is 101 cm³/mol. The van der Waals surface area contributed by atoms with Gasteiger partial charge in [-0.15, -0.1) is 0 Å². The Kier molecular flexibility index (Phi) is 9.11. The Morgan fingerprint density at radius 2 is 1.85 bits per heavy atom. The van der Waals surface area contributed by atoms with Gasteiger partial charge in [-0.1, -0.05) is 19.1 Å². The molecular weight excluding hydrogens is 357 g/mol. The molecule has 0 bridgehead atoms. The molecule has 0 aliphatic carbocycles. The smallest absolute Gasteiger partial charge is 0.357 e. The highest BCUT2D eigenvalue weighted by atomic mass is 19.4.